The van der Waals surface area contributed by atoms with Crippen molar-refractivity contribution in [2.45, 2.75) is 52.5 Å². The Bertz CT molecular complexity index is 253. The summed E-state index contributed by atoms with van der Waals surface area (Å²) in [6.07, 6.45) is 1.91. The van der Waals surface area contributed by atoms with Gasteiger partial charge < -0.3 is 14.7 Å². The van der Waals surface area contributed by atoms with Crippen LogP contribution >= 0.6 is 0 Å². The maximum absolute atomic E-state index is 11.9. The van der Waals surface area contributed by atoms with Crippen molar-refractivity contribution in [2.75, 3.05) is 19.8 Å². The van der Waals surface area contributed by atoms with E-state index in [0.717, 1.165) is 6.42 Å². The number of hydrogen-bond donors (Lipinski definition) is 1. The van der Waals surface area contributed by atoms with Crippen molar-refractivity contribution < 1.29 is 19.4 Å². The fraction of sp³-hybridized carbons (Fsp3) is 0.846. The molecule has 0 aliphatic carbocycles. The molecule has 0 radical (unpaired) electrons. The van der Waals surface area contributed by atoms with E-state index in [4.69, 9.17) is 9.84 Å². The largest absolute Gasteiger partial charge is 0.481 e. The average molecular weight is 259 g/mol. The molecule has 1 amide bonds. The highest BCUT2D eigenvalue weighted by Crippen LogP contribution is 2.05. The fourth-order valence-corrected chi connectivity index (χ4v) is 1.62. The van der Waals surface area contributed by atoms with Crippen LogP contribution in [-0.2, 0) is 14.3 Å². The number of nitrogens with zero attached hydrogens (tertiary/aromatic N) is 1. The summed E-state index contributed by atoms with van der Waals surface area (Å²) >= 11 is 0. The van der Waals surface area contributed by atoms with Crippen molar-refractivity contribution in [3.8, 4) is 0 Å². The van der Waals surface area contributed by atoms with Crippen molar-refractivity contribution >= 4 is 11.9 Å². The average Bonchev–Trinajstić information content (AvgIpc) is 2.29. The topological polar surface area (TPSA) is 66.8 Å². The molecule has 0 aliphatic heterocycles. The summed E-state index contributed by atoms with van der Waals surface area (Å²) in [4.78, 5) is 24.1. The summed E-state index contributed by atoms with van der Waals surface area (Å²) in [5.41, 5.74) is 0. The zero-order valence-corrected chi connectivity index (χ0v) is 11.6. The Morgan fingerprint density at radius 2 is 1.89 bits per heavy atom. The Hall–Kier alpha value is -1.10. The van der Waals surface area contributed by atoms with E-state index in [1.54, 1.807) is 4.90 Å². The first-order valence-electron chi connectivity index (χ1n) is 6.58. The second kappa shape index (κ2) is 9.88. The van der Waals surface area contributed by atoms with Gasteiger partial charge in [-0.2, -0.15) is 0 Å². The number of hydrogen-bond acceptors (Lipinski definition) is 3. The van der Waals surface area contributed by atoms with E-state index in [2.05, 4.69) is 0 Å². The SMILES string of the molecule is CCCOCCC(=O)N(CCCC(=O)O)C(C)C. The van der Waals surface area contributed by atoms with Crippen LogP contribution in [0.4, 0.5) is 0 Å². The van der Waals surface area contributed by atoms with E-state index in [9.17, 15) is 9.59 Å². The van der Waals surface area contributed by atoms with Gasteiger partial charge in [0.15, 0.2) is 0 Å². The van der Waals surface area contributed by atoms with Crippen molar-refractivity contribution in [3.05, 3.63) is 0 Å². The van der Waals surface area contributed by atoms with E-state index in [1.165, 1.54) is 0 Å². The molecule has 1 N–H and O–H groups in total. The summed E-state index contributed by atoms with van der Waals surface area (Å²) in [6, 6.07) is 0.0949. The van der Waals surface area contributed by atoms with Crippen LogP contribution in [0.3, 0.4) is 0 Å². The lowest BCUT2D eigenvalue weighted by molar-refractivity contribution is -0.139. The summed E-state index contributed by atoms with van der Waals surface area (Å²) in [5, 5.41) is 8.58. The van der Waals surface area contributed by atoms with Crippen LogP contribution in [0.5, 0.6) is 0 Å². The summed E-state index contributed by atoms with van der Waals surface area (Å²) in [7, 11) is 0. The van der Waals surface area contributed by atoms with Crippen LogP contribution in [-0.4, -0.2) is 47.7 Å². The van der Waals surface area contributed by atoms with Crippen LogP contribution in [0.15, 0.2) is 0 Å². The smallest absolute Gasteiger partial charge is 0.303 e. The molecule has 0 heterocycles. The van der Waals surface area contributed by atoms with E-state index in [1.807, 2.05) is 20.8 Å². The number of ether oxygens (including phenoxy) is 1. The number of carboxylic acid groups (broad SMARTS) is 1. The van der Waals surface area contributed by atoms with Crippen LogP contribution in [0.2, 0.25) is 0 Å². The highest BCUT2D eigenvalue weighted by atomic mass is 16.5. The van der Waals surface area contributed by atoms with E-state index >= 15 is 0 Å². The lowest BCUT2D eigenvalue weighted by atomic mass is 10.2. The third-order valence-electron chi connectivity index (χ3n) is 2.54. The summed E-state index contributed by atoms with van der Waals surface area (Å²) < 4.78 is 5.28. The molecule has 106 valence electrons. The number of amides is 1. The standard InChI is InChI=1S/C13H25NO4/c1-4-9-18-10-7-12(15)14(11(2)3)8-5-6-13(16)17/h11H,4-10H2,1-3H3,(H,16,17). The minimum atomic E-state index is -0.822. The van der Waals surface area contributed by atoms with Gasteiger partial charge in [-0.05, 0) is 26.7 Å². The highest BCUT2D eigenvalue weighted by Gasteiger charge is 2.16. The second-order valence-corrected chi connectivity index (χ2v) is 4.54. The van der Waals surface area contributed by atoms with Gasteiger partial charge in [0, 0.05) is 25.6 Å². The first-order chi connectivity index (χ1) is 8.49. The highest BCUT2D eigenvalue weighted by molar-refractivity contribution is 5.76. The molecule has 0 saturated carbocycles. The molecule has 0 rings (SSSR count). The molecular weight excluding hydrogens is 234 g/mol. The molecule has 0 aliphatic rings. The van der Waals surface area contributed by atoms with Gasteiger partial charge in [0.1, 0.15) is 0 Å². The molecule has 0 unspecified atom stereocenters. The summed E-state index contributed by atoms with van der Waals surface area (Å²) in [5.74, 6) is -0.788. The van der Waals surface area contributed by atoms with Crippen LogP contribution in [0.25, 0.3) is 0 Å². The van der Waals surface area contributed by atoms with Gasteiger partial charge in [0.05, 0.1) is 13.0 Å². The fourth-order valence-electron chi connectivity index (χ4n) is 1.62. The monoisotopic (exact) mass is 259 g/mol. The molecule has 0 atom stereocenters. The lowest BCUT2D eigenvalue weighted by Crippen LogP contribution is -2.38. The number of aliphatic carboxylic acids is 1. The van der Waals surface area contributed by atoms with Gasteiger partial charge >= 0.3 is 5.97 Å². The molecule has 0 aromatic carbocycles. The third kappa shape index (κ3) is 8.06. The first kappa shape index (κ1) is 16.9. The van der Waals surface area contributed by atoms with Gasteiger partial charge in [0.25, 0.3) is 0 Å². The lowest BCUT2D eigenvalue weighted by Gasteiger charge is -2.26. The maximum Gasteiger partial charge on any atom is 0.303 e. The van der Waals surface area contributed by atoms with E-state index < -0.39 is 5.97 Å². The zero-order valence-electron chi connectivity index (χ0n) is 11.6. The predicted octanol–water partition coefficient (Wildman–Crippen LogP) is 1.90. The van der Waals surface area contributed by atoms with Gasteiger partial charge in [-0.3, -0.25) is 9.59 Å². The second-order valence-electron chi connectivity index (χ2n) is 4.54. The molecule has 0 aromatic rings. The molecule has 5 heteroatoms. The van der Waals surface area contributed by atoms with Crippen molar-refractivity contribution in [3.63, 3.8) is 0 Å². The Balaban J connectivity index is 3.99. The number of carbonyl (C=O) groups is 2. The Morgan fingerprint density at radius 3 is 2.39 bits per heavy atom. The number of carboxylic acids is 1. The van der Waals surface area contributed by atoms with Crippen molar-refractivity contribution in [2.24, 2.45) is 0 Å². The Labute approximate surface area is 109 Å². The zero-order chi connectivity index (χ0) is 14.0. The number of rotatable bonds is 10. The van der Waals surface area contributed by atoms with Gasteiger partial charge in [-0.1, -0.05) is 6.92 Å². The predicted molar refractivity (Wildman–Crippen MR) is 69.4 cm³/mol. The van der Waals surface area contributed by atoms with Gasteiger partial charge in [-0.15, -0.1) is 0 Å². The van der Waals surface area contributed by atoms with E-state index in [-0.39, 0.29) is 18.4 Å². The maximum atomic E-state index is 11.9. The molecular formula is C13H25NO4. The molecule has 0 saturated heterocycles. The quantitative estimate of drug-likeness (QED) is 0.608. The van der Waals surface area contributed by atoms with Crippen molar-refractivity contribution in [1.29, 1.82) is 0 Å². The molecule has 0 spiro atoms. The molecule has 5 nitrogen and oxygen atoms in total. The molecule has 0 aromatic heterocycles. The first-order valence-corrected chi connectivity index (χ1v) is 6.58. The Kier molecular flexibility index (Phi) is 9.28. The van der Waals surface area contributed by atoms with Crippen LogP contribution < -0.4 is 0 Å². The van der Waals surface area contributed by atoms with Gasteiger partial charge in [0.2, 0.25) is 5.91 Å². The summed E-state index contributed by atoms with van der Waals surface area (Å²) in [6.45, 7) is 7.50. The third-order valence-corrected chi connectivity index (χ3v) is 2.54. The minimum Gasteiger partial charge on any atom is -0.481 e. The van der Waals surface area contributed by atoms with Crippen LogP contribution in [0.1, 0.15) is 46.5 Å². The van der Waals surface area contributed by atoms with Crippen molar-refractivity contribution in [1.82, 2.24) is 4.90 Å². The molecule has 18 heavy (non-hydrogen) atoms. The van der Waals surface area contributed by atoms with E-state index in [0.29, 0.717) is 32.6 Å². The molecule has 0 fully saturated rings. The Morgan fingerprint density at radius 1 is 1.22 bits per heavy atom. The number of carbonyl (C=O) groups excluding carboxylic acids is 1. The van der Waals surface area contributed by atoms with Crippen LogP contribution in [0, 0.1) is 0 Å². The minimum absolute atomic E-state index is 0.0338. The van der Waals surface area contributed by atoms with Gasteiger partial charge in [-0.25, -0.2) is 0 Å². The normalized spacial score (nSPS) is 10.7. The molecule has 0 bridgehead atoms.